The molecule has 0 saturated carbocycles. The summed E-state index contributed by atoms with van der Waals surface area (Å²) in [6.45, 7) is 3.41. The Bertz CT molecular complexity index is 714. The summed E-state index contributed by atoms with van der Waals surface area (Å²) < 4.78 is 25.5. The molecule has 0 amide bonds. The Balaban J connectivity index is 3.17. The van der Waals surface area contributed by atoms with Crippen molar-refractivity contribution in [2.75, 3.05) is 12.4 Å². The van der Waals surface area contributed by atoms with Crippen LogP contribution < -0.4 is 10.0 Å². The molecule has 0 bridgehead atoms. The smallest absolute Gasteiger partial charge is 0.303 e. The van der Waals surface area contributed by atoms with Gasteiger partial charge in [0.2, 0.25) is 10.0 Å². The molecule has 3 N–H and O–H groups in total. The molecular weight excluding hydrogens is 326 g/mol. The molecule has 0 unspecified atom stereocenters. The summed E-state index contributed by atoms with van der Waals surface area (Å²) in [6.07, 6.45) is 0.149. The number of carbonyl (C=O) groups is 1. The number of carboxylic acid groups (broad SMARTS) is 1. The number of nitrogens with one attached hydrogen (secondary N) is 2. The van der Waals surface area contributed by atoms with Crippen LogP contribution in [0, 0.1) is 10.1 Å². The lowest BCUT2D eigenvalue weighted by atomic mass is 9.97. The third-order valence-corrected chi connectivity index (χ3v) is 4.59. The lowest BCUT2D eigenvalue weighted by Gasteiger charge is -2.26. The van der Waals surface area contributed by atoms with Gasteiger partial charge < -0.3 is 10.4 Å². The molecule has 0 aliphatic heterocycles. The highest BCUT2D eigenvalue weighted by molar-refractivity contribution is 7.89. The number of nitro groups is 1. The number of nitrogens with zero attached hydrogens (tertiary/aromatic N) is 1. The molecule has 0 aromatic heterocycles. The minimum absolute atomic E-state index is 0.0972. The predicted molar refractivity (Wildman–Crippen MR) is 83.9 cm³/mol. The first-order chi connectivity index (χ1) is 10.5. The zero-order valence-corrected chi connectivity index (χ0v) is 13.8. The van der Waals surface area contributed by atoms with Crippen LogP contribution in [0.4, 0.5) is 11.4 Å². The van der Waals surface area contributed by atoms with Gasteiger partial charge in [0, 0.05) is 18.0 Å². The number of anilines is 1. The van der Waals surface area contributed by atoms with E-state index >= 15 is 0 Å². The Morgan fingerprint density at radius 2 is 2.00 bits per heavy atom. The van der Waals surface area contributed by atoms with E-state index in [1.54, 1.807) is 13.8 Å². The summed E-state index contributed by atoms with van der Waals surface area (Å²) in [5, 5.41) is 22.8. The van der Waals surface area contributed by atoms with Crippen molar-refractivity contribution in [3.8, 4) is 0 Å². The van der Waals surface area contributed by atoms with Gasteiger partial charge in [0.1, 0.15) is 5.69 Å². The van der Waals surface area contributed by atoms with Gasteiger partial charge in [0.15, 0.2) is 0 Å². The van der Waals surface area contributed by atoms with Crippen LogP contribution in [0.25, 0.3) is 0 Å². The fourth-order valence-electron chi connectivity index (χ4n) is 1.90. The maximum atomic E-state index is 11.7. The maximum absolute atomic E-state index is 11.7. The first kappa shape index (κ1) is 18.8. The van der Waals surface area contributed by atoms with Crippen LogP contribution >= 0.6 is 0 Å². The van der Waals surface area contributed by atoms with Crippen LogP contribution in [0.5, 0.6) is 0 Å². The van der Waals surface area contributed by atoms with E-state index in [0.29, 0.717) is 0 Å². The number of benzene rings is 1. The quantitative estimate of drug-likeness (QED) is 0.480. The molecule has 0 aliphatic rings. The Morgan fingerprint density at radius 1 is 1.39 bits per heavy atom. The minimum atomic E-state index is -3.80. The molecule has 0 atom stereocenters. The van der Waals surface area contributed by atoms with Gasteiger partial charge in [-0.15, -0.1) is 0 Å². The molecular formula is C13H19N3O6S. The van der Waals surface area contributed by atoms with Gasteiger partial charge in [0.25, 0.3) is 5.69 Å². The number of hydrogen-bond acceptors (Lipinski definition) is 6. The number of carboxylic acids is 1. The zero-order valence-electron chi connectivity index (χ0n) is 13.0. The normalized spacial score (nSPS) is 12.0. The Morgan fingerprint density at radius 3 is 2.48 bits per heavy atom. The topological polar surface area (TPSA) is 139 Å². The first-order valence-electron chi connectivity index (χ1n) is 6.70. The maximum Gasteiger partial charge on any atom is 0.303 e. The highest BCUT2D eigenvalue weighted by atomic mass is 32.2. The van der Waals surface area contributed by atoms with Crippen LogP contribution in [0.15, 0.2) is 23.1 Å². The van der Waals surface area contributed by atoms with E-state index in [-0.39, 0.29) is 23.4 Å². The van der Waals surface area contributed by atoms with E-state index < -0.39 is 32.1 Å². The van der Waals surface area contributed by atoms with Gasteiger partial charge in [-0.05, 0) is 39.4 Å². The molecule has 128 valence electrons. The van der Waals surface area contributed by atoms with Crippen LogP contribution in [0.2, 0.25) is 0 Å². The van der Waals surface area contributed by atoms with E-state index in [2.05, 4.69) is 10.0 Å². The number of rotatable bonds is 8. The molecule has 0 aliphatic carbocycles. The summed E-state index contributed by atoms with van der Waals surface area (Å²) in [6, 6.07) is 3.50. The first-order valence-corrected chi connectivity index (χ1v) is 8.19. The largest absolute Gasteiger partial charge is 0.481 e. The molecule has 0 heterocycles. The van der Waals surface area contributed by atoms with Crippen molar-refractivity contribution in [3.63, 3.8) is 0 Å². The fraction of sp³-hybridized carbons (Fsp3) is 0.462. The highest BCUT2D eigenvalue weighted by Crippen LogP contribution is 2.31. The van der Waals surface area contributed by atoms with Crippen molar-refractivity contribution >= 4 is 27.4 Å². The second kappa shape index (κ2) is 6.92. The molecule has 0 saturated heterocycles. The van der Waals surface area contributed by atoms with E-state index in [9.17, 15) is 23.3 Å². The molecule has 23 heavy (non-hydrogen) atoms. The van der Waals surface area contributed by atoms with Crippen LogP contribution in [-0.4, -0.2) is 37.0 Å². The van der Waals surface area contributed by atoms with Crippen molar-refractivity contribution < 1.29 is 23.2 Å². The number of hydrogen-bond donors (Lipinski definition) is 3. The lowest BCUT2D eigenvalue weighted by molar-refractivity contribution is -0.384. The predicted octanol–water partition coefficient (Wildman–Crippen LogP) is 1.56. The molecule has 0 spiro atoms. The van der Waals surface area contributed by atoms with Gasteiger partial charge in [-0.3, -0.25) is 14.9 Å². The Hall–Kier alpha value is -2.20. The third-order valence-electron chi connectivity index (χ3n) is 3.18. The van der Waals surface area contributed by atoms with Crippen molar-refractivity contribution in [1.29, 1.82) is 0 Å². The molecule has 10 heteroatoms. The van der Waals surface area contributed by atoms with E-state index in [1.165, 1.54) is 19.2 Å². The number of aliphatic carboxylic acids is 1. The molecule has 0 fully saturated rings. The highest BCUT2D eigenvalue weighted by Gasteiger charge is 2.25. The summed E-state index contributed by atoms with van der Waals surface area (Å²) in [5.41, 5.74) is -0.989. The summed E-state index contributed by atoms with van der Waals surface area (Å²) >= 11 is 0. The van der Waals surface area contributed by atoms with Gasteiger partial charge in [-0.25, -0.2) is 13.1 Å². The average Bonchev–Trinajstić information content (AvgIpc) is 2.45. The van der Waals surface area contributed by atoms with Crippen LogP contribution in [-0.2, 0) is 14.8 Å². The minimum Gasteiger partial charge on any atom is -0.481 e. The standard InChI is InChI=1S/C13H19N3O6S/c1-13(2,7-6-12(17)18)15-10-5-4-9(23(21,22)14-3)8-11(10)16(19)20/h4-5,8,14-15H,6-7H2,1-3H3,(H,17,18). The van der Waals surface area contributed by atoms with Crippen LogP contribution in [0.1, 0.15) is 26.7 Å². The summed E-state index contributed by atoms with van der Waals surface area (Å²) in [5.74, 6) is -0.968. The molecule has 1 aromatic rings. The van der Waals surface area contributed by atoms with E-state index in [1.807, 2.05) is 0 Å². The fourth-order valence-corrected chi connectivity index (χ4v) is 2.65. The van der Waals surface area contributed by atoms with E-state index in [0.717, 1.165) is 6.07 Å². The van der Waals surface area contributed by atoms with Gasteiger partial charge >= 0.3 is 5.97 Å². The molecule has 1 aromatic carbocycles. The Labute approximate surface area is 133 Å². The third kappa shape index (κ3) is 5.18. The second-order valence-corrected chi connectivity index (χ2v) is 7.43. The monoisotopic (exact) mass is 345 g/mol. The second-order valence-electron chi connectivity index (χ2n) is 5.55. The van der Waals surface area contributed by atoms with Crippen molar-refractivity contribution in [2.24, 2.45) is 0 Å². The van der Waals surface area contributed by atoms with Crippen LogP contribution in [0.3, 0.4) is 0 Å². The van der Waals surface area contributed by atoms with Gasteiger partial charge in [-0.1, -0.05) is 0 Å². The SMILES string of the molecule is CNS(=O)(=O)c1ccc(NC(C)(C)CCC(=O)O)c([N+](=O)[O-])c1. The Kier molecular flexibility index (Phi) is 5.67. The summed E-state index contributed by atoms with van der Waals surface area (Å²) in [7, 11) is -2.59. The van der Waals surface area contributed by atoms with Crippen molar-refractivity contribution in [1.82, 2.24) is 4.72 Å². The summed E-state index contributed by atoms with van der Waals surface area (Å²) in [4.78, 5) is 20.9. The van der Waals surface area contributed by atoms with Crippen molar-refractivity contribution in [2.45, 2.75) is 37.1 Å². The van der Waals surface area contributed by atoms with Gasteiger partial charge in [0.05, 0.1) is 9.82 Å². The molecule has 0 radical (unpaired) electrons. The molecule has 1 rings (SSSR count). The lowest BCUT2D eigenvalue weighted by Crippen LogP contribution is -2.32. The van der Waals surface area contributed by atoms with Crippen molar-refractivity contribution in [3.05, 3.63) is 28.3 Å². The van der Waals surface area contributed by atoms with E-state index in [4.69, 9.17) is 5.11 Å². The average molecular weight is 345 g/mol. The van der Waals surface area contributed by atoms with Gasteiger partial charge in [-0.2, -0.15) is 0 Å². The zero-order chi connectivity index (χ0) is 17.8. The number of sulfonamides is 1. The number of nitro benzene ring substituents is 1. The molecule has 9 nitrogen and oxygen atoms in total.